The van der Waals surface area contributed by atoms with E-state index in [-0.39, 0.29) is 45.6 Å². The lowest BCUT2D eigenvalue weighted by molar-refractivity contribution is -0.249. The molecule has 4 rings (SSSR count). The van der Waals surface area contributed by atoms with Crippen LogP contribution in [0.2, 0.25) is 0 Å². The molecule has 0 aromatic heterocycles. The zero-order valence-electron chi connectivity index (χ0n) is 24.9. The molecule has 0 heterocycles. The molecule has 0 aromatic rings. The lowest BCUT2D eigenvalue weighted by Gasteiger charge is -2.70. The van der Waals surface area contributed by atoms with Crippen molar-refractivity contribution in [3.8, 4) is 0 Å². The monoisotopic (exact) mass is 518 g/mol. The highest BCUT2D eigenvalue weighted by Crippen LogP contribution is 2.75. The average molecular weight is 519 g/mol. The molecular formula is C32H54O5. The topological polar surface area (TPSA) is 87.0 Å². The maximum atomic E-state index is 11.9. The van der Waals surface area contributed by atoms with Crippen LogP contribution in [0.3, 0.4) is 0 Å². The van der Waals surface area contributed by atoms with Crippen molar-refractivity contribution in [1.29, 1.82) is 0 Å². The van der Waals surface area contributed by atoms with E-state index in [1.54, 1.807) is 0 Å². The highest BCUT2D eigenvalue weighted by molar-refractivity contribution is 5.66. The molecule has 0 spiro atoms. The van der Waals surface area contributed by atoms with Gasteiger partial charge in [0.15, 0.2) is 0 Å². The largest absolute Gasteiger partial charge is 0.462 e. The van der Waals surface area contributed by atoms with Gasteiger partial charge in [-0.3, -0.25) is 4.79 Å². The number of ether oxygens (including phenoxy) is 1. The molecule has 0 aliphatic heterocycles. The molecule has 0 amide bonds. The van der Waals surface area contributed by atoms with E-state index in [4.69, 9.17) is 4.74 Å². The van der Waals surface area contributed by atoms with Gasteiger partial charge in [0.1, 0.15) is 6.10 Å². The van der Waals surface area contributed by atoms with Crippen LogP contribution in [0.4, 0.5) is 0 Å². The van der Waals surface area contributed by atoms with Crippen molar-refractivity contribution in [2.75, 3.05) is 0 Å². The minimum Gasteiger partial charge on any atom is -0.462 e. The first-order valence-corrected chi connectivity index (χ1v) is 14.8. The maximum absolute atomic E-state index is 11.9. The number of allylic oxidation sites excluding steroid dienone is 2. The summed E-state index contributed by atoms with van der Waals surface area (Å²) in [5, 5.41) is 35.1. The van der Waals surface area contributed by atoms with E-state index >= 15 is 0 Å². The molecule has 212 valence electrons. The summed E-state index contributed by atoms with van der Waals surface area (Å²) >= 11 is 0. The Morgan fingerprint density at radius 1 is 0.973 bits per heavy atom. The summed E-state index contributed by atoms with van der Waals surface area (Å²) < 4.78 is 5.83. The van der Waals surface area contributed by atoms with Gasteiger partial charge in [-0.05, 0) is 106 Å². The molecule has 5 nitrogen and oxygen atoms in total. The van der Waals surface area contributed by atoms with Gasteiger partial charge >= 0.3 is 5.97 Å². The predicted octanol–water partition coefficient (Wildman–Crippen LogP) is 6.04. The van der Waals surface area contributed by atoms with Crippen molar-refractivity contribution in [3.05, 3.63) is 11.6 Å². The highest BCUT2D eigenvalue weighted by Gasteiger charge is 2.73. The SMILES string of the molecule is CC(=O)OC1CCC2(C)C(CCC3(C)C2CC(O)C2C(C(C)(O)CCC=C(C)C)C(O)CC23C)C1(C)C. The molecule has 0 saturated heterocycles. The number of fused-ring (bicyclic) bond motifs is 5. The predicted molar refractivity (Wildman–Crippen MR) is 147 cm³/mol. The van der Waals surface area contributed by atoms with Gasteiger partial charge in [0.2, 0.25) is 0 Å². The van der Waals surface area contributed by atoms with Gasteiger partial charge in [-0.2, -0.15) is 0 Å². The van der Waals surface area contributed by atoms with Crippen LogP contribution in [0.5, 0.6) is 0 Å². The third kappa shape index (κ3) is 4.34. The number of carbonyl (C=O) groups excluding carboxylic acids is 1. The first kappa shape index (κ1) is 29.1. The number of hydrogen-bond acceptors (Lipinski definition) is 5. The van der Waals surface area contributed by atoms with Crippen molar-refractivity contribution in [3.63, 3.8) is 0 Å². The second-order valence-electron chi connectivity index (χ2n) is 15.2. The summed E-state index contributed by atoms with van der Waals surface area (Å²) in [4.78, 5) is 11.9. The lowest BCUT2D eigenvalue weighted by Crippen LogP contribution is -2.66. The van der Waals surface area contributed by atoms with Crippen molar-refractivity contribution < 1.29 is 24.9 Å². The zero-order chi connectivity index (χ0) is 27.8. The molecule has 5 heteroatoms. The van der Waals surface area contributed by atoms with Gasteiger partial charge in [0, 0.05) is 18.3 Å². The smallest absolute Gasteiger partial charge is 0.302 e. The Balaban J connectivity index is 1.68. The molecular weight excluding hydrogens is 464 g/mol. The third-order valence-electron chi connectivity index (χ3n) is 12.6. The standard InChI is InChI=1S/C32H54O5/c1-19(2)11-10-14-32(9,36)27-22(35)18-31(8)26(27)21(34)17-24-29(6)15-13-25(37-20(3)33)28(4,5)23(29)12-16-30(24,31)7/h11,21-27,34-36H,10,12-18H2,1-9H3. The summed E-state index contributed by atoms with van der Waals surface area (Å²) in [6, 6.07) is 0. The normalized spacial score (nSPS) is 48.2. The molecule has 4 aliphatic rings. The van der Waals surface area contributed by atoms with Crippen LogP contribution in [-0.2, 0) is 9.53 Å². The van der Waals surface area contributed by atoms with Crippen LogP contribution in [0.15, 0.2) is 11.6 Å². The Morgan fingerprint density at radius 3 is 2.22 bits per heavy atom. The summed E-state index contributed by atoms with van der Waals surface area (Å²) in [5.41, 5.74) is -0.213. The van der Waals surface area contributed by atoms with E-state index in [9.17, 15) is 20.1 Å². The van der Waals surface area contributed by atoms with Crippen LogP contribution in [0, 0.1) is 45.3 Å². The fourth-order valence-corrected chi connectivity index (χ4v) is 10.8. The molecule has 4 fully saturated rings. The summed E-state index contributed by atoms with van der Waals surface area (Å²) in [7, 11) is 0. The summed E-state index contributed by atoms with van der Waals surface area (Å²) in [6.45, 7) is 19.2. The number of aliphatic hydroxyl groups excluding tert-OH is 2. The van der Waals surface area contributed by atoms with Crippen LogP contribution >= 0.6 is 0 Å². The van der Waals surface area contributed by atoms with Crippen LogP contribution in [0.1, 0.15) is 114 Å². The fourth-order valence-electron chi connectivity index (χ4n) is 10.8. The van der Waals surface area contributed by atoms with E-state index in [2.05, 4.69) is 54.5 Å². The summed E-state index contributed by atoms with van der Waals surface area (Å²) in [6.07, 6.45) is 7.55. The molecule has 0 aromatic carbocycles. The Bertz CT molecular complexity index is 918. The Kier molecular flexibility index (Phi) is 7.34. The van der Waals surface area contributed by atoms with Gasteiger partial charge < -0.3 is 20.1 Å². The Morgan fingerprint density at radius 2 is 1.62 bits per heavy atom. The van der Waals surface area contributed by atoms with E-state index in [1.807, 2.05) is 6.92 Å². The molecule has 4 aliphatic carbocycles. The first-order valence-electron chi connectivity index (χ1n) is 14.8. The second kappa shape index (κ2) is 9.34. The highest BCUT2D eigenvalue weighted by atomic mass is 16.5. The average Bonchev–Trinajstić information content (AvgIpc) is 3.04. The van der Waals surface area contributed by atoms with Crippen molar-refractivity contribution >= 4 is 5.97 Å². The minimum absolute atomic E-state index is 0.0249. The van der Waals surface area contributed by atoms with Gasteiger partial charge in [-0.25, -0.2) is 0 Å². The zero-order valence-corrected chi connectivity index (χ0v) is 24.9. The quantitative estimate of drug-likeness (QED) is 0.305. The minimum atomic E-state index is -1.04. The molecule has 11 unspecified atom stereocenters. The molecule has 37 heavy (non-hydrogen) atoms. The van der Waals surface area contributed by atoms with E-state index in [1.165, 1.54) is 12.5 Å². The Labute approximate surface area is 225 Å². The number of hydrogen-bond donors (Lipinski definition) is 3. The molecule has 0 bridgehead atoms. The lowest BCUT2D eigenvalue weighted by atomic mass is 9.35. The molecule has 3 N–H and O–H groups in total. The van der Waals surface area contributed by atoms with Gasteiger partial charge in [0.05, 0.1) is 17.8 Å². The Hall–Kier alpha value is -0.910. The number of carbonyl (C=O) groups is 1. The van der Waals surface area contributed by atoms with Crippen molar-refractivity contribution in [1.82, 2.24) is 0 Å². The third-order valence-corrected chi connectivity index (χ3v) is 12.6. The van der Waals surface area contributed by atoms with Crippen LogP contribution in [-0.4, -0.2) is 45.2 Å². The van der Waals surface area contributed by atoms with Gasteiger partial charge in [-0.15, -0.1) is 0 Å². The van der Waals surface area contributed by atoms with Crippen molar-refractivity contribution in [2.24, 2.45) is 45.3 Å². The molecule has 4 saturated carbocycles. The van der Waals surface area contributed by atoms with Crippen LogP contribution < -0.4 is 0 Å². The van der Waals surface area contributed by atoms with Crippen molar-refractivity contribution in [2.45, 2.75) is 138 Å². The molecule has 11 atom stereocenters. The maximum Gasteiger partial charge on any atom is 0.302 e. The number of aliphatic hydroxyl groups is 3. The van der Waals surface area contributed by atoms with Gasteiger partial charge in [-0.1, -0.05) is 46.3 Å². The van der Waals surface area contributed by atoms with E-state index in [0.717, 1.165) is 32.1 Å². The van der Waals surface area contributed by atoms with E-state index < -0.39 is 17.8 Å². The first-order chi connectivity index (χ1) is 16.9. The van der Waals surface area contributed by atoms with E-state index in [0.29, 0.717) is 31.1 Å². The summed E-state index contributed by atoms with van der Waals surface area (Å²) in [5.74, 6) is 0.0499. The molecule has 0 radical (unpaired) electrons. The number of rotatable bonds is 5. The van der Waals surface area contributed by atoms with Gasteiger partial charge in [0.25, 0.3) is 0 Å². The second-order valence-corrected chi connectivity index (χ2v) is 15.2. The van der Waals surface area contributed by atoms with Crippen LogP contribution in [0.25, 0.3) is 0 Å². The number of esters is 1. The fraction of sp³-hybridized carbons (Fsp3) is 0.906.